The van der Waals surface area contributed by atoms with Gasteiger partial charge in [0.05, 0.1) is 15.8 Å². The van der Waals surface area contributed by atoms with Crippen molar-refractivity contribution >= 4 is 52.5 Å². The Bertz CT molecular complexity index is 1160. The van der Waals surface area contributed by atoms with E-state index in [2.05, 4.69) is 10.6 Å². The molecule has 0 heterocycles. The molecule has 1 atom stereocenters. The highest BCUT2D eigenvalue weighted by molar-refractivity contribution is 8.00. The van der Waals surface area contributed by atoms with Gasteiger partial charge >= 0.3 is 5.97 Å². The summed E-state index contributed by atoms with van der Waals surface area (Å²) in [6.45, 7) is 3.63. The van der Waals surface area contributed by atoms with Crippen LogP contribution < -0.4 is 10.6 Å². The monoisotopic (exact) mass is 468 g/mol. The molecule has 0 aliphatic carbocycles. The van der Waals surface area contributed by atoms with E-state index in [-0.39, 0.29) is 22.4 Å². The highest BCUT2D eigenvalue weighted by Crippen LogP contribution is 2.27. The first-order valence-electron chi connectivity index (χ1n) is 9.72. The molecule has 0 bridgehead atoms. The lowest BCUT2D eigenvalue weighted by Gasteiger charge is -2.13. The number of thioether (sulfide) groups is 1. The van der Waals surface area contributed by atoms with Gasteiger partial charge < -0.3 is 15.7 Å². The average Bonchev–Trinajstić information content (AvgIpc) is 2.76. The Balaban J connectivity index is 1.59. The number of nitrogens with one attached hydrogen (secondary N) is 2. The Morgan fingerprint density at radius 2 is 1.56 bits per heavy atom. The van der Waals surface area contributed by atoms with E-state index in [0.29, 0.717) is 16.9 Å². The quantitative estimate of drug-likeness (QED) is 0.385. The van der Waals surface area contributed by atoms with Crippen molar-refractivity contribution in [1.82, 2.24) is 0 Å². The van der Waals surface area contributed by atoms with Crippen LogP contribution in [0.3, 0.4) is 0 Å². The molecule has 0 aliphatic heterocycles. The van der Waals surface area contributed by atoms with Gasteiger partial charge in [0, 0.05) is 21.8 Å². The van der Waals surface area contributed by atoms with Gasteiger partial charge in [-0.3, -0.25) is 9.59 Å². The molecule has 6 nitrogen and oxygen atoms in total. The summed E-state index contributed by atoms with van der Waals surface area (Å²) >= 11 is 7.20. The van der Waals surface area contributed by atoms with Gasteiger partial charge in [0.25, 0.3) is 5.91 Å². The zero-order valence-corrected chi connectivity index (χ0v) is 19.0. The highest BCUT2D eigenvalue weighted by atomic mass is 35.5. The number of aryl methyl sites for hydroxylation is 1. The van der Waals surface area contributed by atoms with E-state index in [1.807, 2.05) is 37.3 Å². The minimum Gasteiger partial charge on any atom is -0.478 e. The molecule has 8 heteroatoms. The van der Waals surface area contributed by atoms with Crippen LogP contribution >= 0.6 is 23.4 Å². The molecule has 0 aromatic heterocycles. The fourth-order valence-electron chi connectivity index (χ4n) is 2.91. The van der Waals surface area contributed by atoms with Crippen LogP contribution in [0.4, 0.5) is 11.4 Å². The summed E-state index contributed by atoms with van der Waals surface area (Å²) in [5.41, 5.74) is 2.45. The normalized spacial score (nSPS) is 11.5. The fraction of sp³-hybridized carbons (Fsp3) is 0.125. The lowest BCUT2D eigenvalue weighted by molar-refractivity contribution is -0.115. The van der Waals surface area contributed by atoms with Crippen molar-refractivity contribution in [1.29, 1.82) is 0 Å². The number of hydrogen-bond donors (Lipinski definition) is 3. The van der Waals surface area contributed by atoms with Gasteiger partial charge in [-0.1, -0.05) is 29.8 Å². The Morgan fingerprint density at radius 1 is 0.906 bits per heavy atom. The second-order valence-electron chi connectivity index (χ2n) is 7.04. The molecule has 0 aliphatic rings. The van der Waals surface area contributed by atoms with Crippen LogP contribution in [0.1, 0.15) is 33.2 Å². The van der Waals surface area contributed by atoms with Crippen molar-refractivity contribution in [3.05, 3.63) is 88.4 Å². The second kappa shape index (κ2) is 10.3. The van der Waals surface area contributed by atoms with Crippen LogP contribution in [0.5, 0.6) is 0 Å². The van der Waals surface area contributed by atoms with Crippen LogP contribution in [-0.4, -0.2) is 28.1 Å². The molecule has 0 fully saturated rings. The van der Waals surface area contributed by atoms with Gasteiger partial charge in [-0.2, -0.15) is 0 Å². The van der Waals surface area contributed by atoms with E-state index in [4.69, 9.17) is 16.7 Å². The van der Waals surface area contributed by atoms with Crippen molar-refractivity contribution in [3.8, 4) is 0 Å². The maximum absolute atomic E-state index is 12.5. The standard InChI is InChI=1S/C24H21ClN2O4S/c1-14-5-3-4-6-19(14)23(29)26-16-7-10-18(11-8-16)32-15(2)22(28)27-17-9-12-21(25)20(13-17)24(30)31/h3-13,15H,1-2H3,(H,26,29)(H,27,28)(H,30,31). The maximum Gasteiger partial charge on any atom is 0.337 e. The number of carbonyl (C=O) groups excluding carboxylic acids is 2. The molecule has 32 heavy (non-hydrogen) atoms. The van der Waals surface area contributed by atoms with E-state index in [9.17, 15) is 14.4 Å². The third-order valence-corrected chi connectivity index (χ3v) is 6.09. The first kappa shape index (κ1) is 23.4. The van der Waals surface area contributed by atoms with Gasteiger partial charge in [0.2, 0.25) is 5.91 Å². The number of carbonyl (C=O) groups is 3. The van der Waals surface area contributed by atoms with Gasteiger partial charge in [-0.25, -0.2) is 4.79 Å². The number of anilines is 2. The first-order valence-corrected chi connectivity index (χ1v) is 11.0. The number of carboxylic acid groups (broad SMARTS) is 1. The zero-order chi connectivity index (χ0) is 23.3. The molecular formula is C24H21ClN2O4S. The molecule has 0 radical (unpaired) electrons. The molecule has 2 amide bonds. The lowest BCUT2D eigenvalue weighted by Crippen LogP contribution is -2.22. The largest absolute Gasteiger partial charge is 0.478 e. The summed E-state index contributed by atoms with van der Waals surface area (Å²) in [7, 11) is 0. The third-order valence-electron chi connectivity index (χ3n) is 4.65. The molecule has 0 saturated heterocycles. The second-order valence-corrected chi connectivity index (χ2v) is 8.86. The summed E-state index contributed by atoms with van der Waals surface area (Å²) in [5.74, 6) is -1.62. The van der Waals surface area contributed by atoms with E-state index in [1.165, 1.54) is 23.9 Å². The van der Waals surface area contributed by atoms with Crippen LogP contribution in [0.15, 0.2) is 71.6 Å². The maximum atomic E-state index is 12.5. The third kappa shape index (κ3) is 5.90. The molecular weight excluding hydrogens is 448 g/mol. The van der Waals surface area contributed by atoms with Crippen molar-refractivity contribution < 1.29 is 19.5 Å². The predicted molar refractivity (Wildman–Crippen MR) is 128 cm³/mol. The summed E-state index contributed by atoms with van der Waals surface area (Å²) < 4.78 is 0. The summed E-state index contributed by atoms with van der Waals surface area (Å²) in [6, 6.07) is 18.9. The predicted octanol–water partition coefficient (Wildman–Crippen LogP) is 5.72. The van der Waals surface area contributed by atoms with E-state index >= 15 is 0 Å². The van der Waals surface area contributed by atoms with Gasteiger partial charge in [-0.15, -0.1) is 11.8 Å². The zero-order valence-electron chi connectivity index (χ0n) is 17.4. The van der Waals surface area contributed by atoms with Crippen molar-refractivity contribution in [2.45, 2.75) is 24.0 Å². The molecule has 1 unspecified atom stereocenters. The number of aromatic carboxylic acids is 1. The number of carboxylic acids is 1. The summed E-state index contributed by atoms with van der Waals surface area (Å²) in [4.78, 5) is 37.0. The van der Waals surface area contributed by atoms with Crippen molar-refractivity contribution in [2.24, 2.45) is 0 Å². The van der Waals surface area contributed by atoms with Crippen LogP contribution in [-0.2, 0) is 4.79 Å². The molecule has 0 spiro atoms. The van der Waals surface area contributed by atoms with Crippen LogP contribution in [0, 0.1) is 6.92 Å². The van der Waals surface area contributed by atoms with Crippen molar-refractivity contribution in [3.63, 3.8) is 0 Å². The van der Waals surface area contributed by atoms with Gasteiger partial charge in [-0.05, 0) is 67.9 Å². The number of amides is 2. The van der Waals surface area contributed by atoms with Crippen molar-refractivity contribution in [2.75, 3.05) is 10.6 Å². The number of benzene rings is 3. The molecule has 0 saturated carbocycles. The SMILES string of the molecule is Cc1ccccc1C(=O)Nc1ccc(SC(C)C(=O)Nc2ccc(Cl)c(C(=O)O)c2)cc1. The Hall–Kier alpha value is -3.29. The summed E-state index contributed by atoms with van der Waals surface area (Å²) in [5, 5.41) is 14.4. The number of hydrogen-bond acceptors (Lipinski definition) is 4. The lowest BCUT2D eigenvalue weighted by atomic mass is 10.1. The molecule has 3 aromatic rings. The molecule has 3 N–H and O–H groups in total. The van der Waals surface area contributed by atoms with Gasteiger partial charge in [0.15, 0.2) is 0 Å². The Labute approximate surface area is 195 Å². The first-order chi connectivity index (χ1) is 15.2. The average molecular weight is 469 g/mol. The van der Waals surface area contributed by atoms with Crippen LogP contribution in [0.2, 0.25) is 5.02 Å². The topological polar surface area (TPSA) is 95.5 Å². The number of halogens is 1. The molecule has 3 rings (SSSR count). The molecule has 164 valence electrons. The Morgan fingerprint density at radius 3 is 2.22 bits per heavy atom. The van der Waals surface area contributed by atoms with E-state index < -0.39 is 11.2 Å². The smallest absolute Gasteiger partial charge is 0.337 e. The minimum atomic E-state index is -1.16. The van der Waals surface area contributed by atoms with Gasteiger partial charge in [0.1, 0.15) is 0 Å². The Kier molecular flexibility index (Phi) is 7.56. The van der Waals surface area contributed by atoms with Crippen LogP contribution in [0.25, 0.3) is 0 Å². The molecule has 3 aromatic carbocycles. The fourth-order valence-corrected chi connectivity index (χ4v) is 3.98. The van der Waals surface area contributed by atoms with E-state index in [1.54, 1.807) is 31.2 Å². The summed E-state index contributed by atoms with van der Waals surface area (Å²) in [6.07, 6.45) is 0. The van der Waals surface area contributed by atoms with E-state index in [0.717, 1.165) is 10.5 Å². The number of rotatable bonds is 7. The minimum absolute atomic E-state index is 0.0758. The highest BCUT2D eigenvalue weighted by Gasteiger charge is 2.17.